The Kier molecular flexibility index (Phi) is 13.2. The third-order valence-corrected chi connectivity index (χ3v) is 22.5. The molecule has 7 atom stereocenters. The van der Waals surface area contributed by atoms with Crippen LogP contribution in [-0.4, -0.2) is 52.6 Å². The maximum absolute atomic E-state index is 12.5. The summed E-state index contributed by atoms with van der Waals surface area (Å²) in [6, 6.07) is 0. The van der Waals surface area contributed by atoms with Crippen LogP contribution in [0, 0.1) is 28.6 Å². The van der Waals surface area contributed by atoms with E-state index in [-0.39, 0.29) is 33.7 Å². The molecule has 3 fully saturated rings. The summed E-state index contributed by atoms with van der Waals surface area (Å²) in [4.78, 5) is 12.5. The number of hydrogen-bond acceptors (Lipinski definition) is 5. The van der Waals surface area contributed by atoms with Crippen LogP contribution in [-0.2, 0) is 18.4 Å². The molecule has 0 bridgehead atoms. The summed E-state index contributed by atoms with van der Waals surface area (Å²) in [5.74, 6) is 1.11. The SMILES string of the molecule is CCOC(=O)C(C)(C)[C@H](O)/C=C/[C@@H](C)[C@H]1CC[C@H]2/C(=C/C=C3C[C@@H](O[Si](C)(C)C(C)(C)C)C[C@H](O[Si](C)(C)C(C)(C)C)C3)CCC[C@]12C. The third-order valence-electron chi connectivity index (χ3n) is 13.4. The molecule has 0 aliphatic heterocycles. The minimum atomic E-state index is -1.91. The van der Waals surface area contributed by atoms with Gasteiger partial charge in [-0.15, -0.1) is 0 Å². The van der Waals surface area contributed by atoms with Crippen molar-refractivity contribution in [2.75, 3.05) is 6.61 Å². The van der Waals surface area contributed by atoms with E-state index in [0.29, 0.717) is 24.4 Å². The lowest BCUT2D eigenvalue weighted by Crippen LogP contribution is -2.48. The van der Waals surface area contributed by atoms with E-state index in [4.69, 9.17) is 13.6 Å². The molecule has 0 saturated heterocycles. The van der Waals surface area contributed by atoms with E-state index in [0.717, 1.165) is 19.3 Å². The first kappa shape index (κ1) is 41.4. The number of aliphatic hydroxyl groups excluding tert-OH is 1. The molecule has 276 valence electrons. The zero-order valence-corrected chi connectivity index (χ0v) is 35.7. The minimum Gasteiger partial charge on any atom is -0.465 e. The van der Waals surface area contributed by atoms with Gasteiger partial charge >= 0.3 is 5.97 Å². The fourth-order valence-electron chi connectivity index (χ4n) is 8.09. The van der Waals surface area contributed by atoms with Crippen molar-refractivity contribution in [3.63, 3.8) is 0 Å². The van der Waals surface area contributed by atoms with E-state index in [1.54, 1.807) is 26.3 Å². The van der Waals surface area contributed by atoms with Crippen molar-refractivity contribution in [1.29, 1.82) is 0 Å². The van der Waals surface area contributed by atoms with E-state index in [9.17, 15) is 9.90 Å². The largest absolute Gasteiger partial charge is 0.465 e. The highest BCUT2D eigenvalue weighted by Gasteiger charge is 2.50. The topological polar surface area (TPSA) is 65.0 Å². The molecule has 0 aromatic carbocycles. The lowest BCUT2D eigenvalue weighted by atomic mass is 9.61. The lowest BCUT2D eigenvalue weighted by Gasteiger charge is -2.45. The molecule has 48 heavy (non-hydrogen) atoms. The van der Waals surface area contributed by atoms with E-state index in [1.807, 2.05) is 6.08 Å². The maximum Gasteiger partial charge on any atom is 0.314 e. The van der Waals surface area contributed by atoms with Crippen molar-refractivity contribution in [2.45, 2.75) is 182 Å². The van der Waals surface area contributed by atoms with Gasteiger partial charge in [0.2, 0.25) is 0 Å². The Labute approximate surface area is 298 Å². The highest BCUT2D eigenvalue weighted by atomic mass is 28.4. The zero-order valence-electron chi connectivity index (χ0n) is 33.7. The second kappa shape index (κ2) is 15.3. The normalized spacial score (nSPS) is 30.0. The molecule has 7 heteroatoms. The van der Waals surface area contributed by atoms with Crippen molar-refractivity contribution in [1.82, 2.24) is 0 Å². The number of esters is 1. The molecule has 3 aliphatic rings. The first-order valence-corrected chi connectivity index (χ1v) is 24.9. The molecule has 0 aromatic heterocycles. The van der Waals surface area contributed by atoms with Crippen LogP contribution in [0.25, 0.3) is 0 Å². The number of carbonyl (C=O) groups is 1. The van der Waals surface area contributed by atoms with Crippen molar-refractivity contribution in [3.8, 4) is 0 Å². The fraction of sp³-hybridized carbons (Fsp3) is 0.829. The predicted molar refractivity (Wildman–Crippen MR) is 207 cm³/mol. The van der Waals surface area contributed by atoms with Crippen molar-refractivity contribution >= 4 is 22.6 Å². The van der Waals surface area contributed by atoms with Gasteiger partial charge in [-0.25, -0.2) is 0 Å². The number of hydrogen-bond donors (Lipinski definition) is 1. The van der Waals surface area contributed by atoms with Crippen molar-refractivity contribution in [2.24, 2.45) is 28.6 Å². The van der Waals surface area contributed by atoms with E-state index < -0.39 is 28.2 Å². The van der Waals surface area contributed by atoms with Crippen LogP contribution >= 0.6 is 0 Å². The van der Waals surface area contributed by atoms with Gasteiger partial charge in [0.15, 0.2) is 16.6 Å². The van der Waals surface area contributed by atoms with Crippen LogP contribution in [0.15, 0.2) is 35.5 Å². The fourth-order valence-corrected chi connectivity index (χ4v) is 10.8. The number of rotatable bonds is 11. The number of fused-ring (bicyclic) bond motifs is 1. The summed E-state index contributed by atoms with van der Waals surface area (Å²) in [6.07, 6.45) is 17.6. The van der Waals surface area contributed by atoms with E-state index >= 15 is 0 Å². The second-order valence-corrected chi connectivity index (χ2v) is 29.0. The van der Waals surface area contributed by atoms with Crippen molar-refractivity contribution < 1.29 is 23.5 Å². The van der Waals surface area contributed by atoms with Crippen LogP contribution in [0.3, 0.4) is 0 Å². The number of aliphatic hydroxyl groups is 1. The predicted octanol–water partition coefficient (Wildman–Crippen LogP) is 11.2. The third kappa shape index (κ3) is 9.45. The van der Waals surface area contributed by atoms with Gasteiger partial charge in [-0.05, 0) is 132 Å². The molecule has 0 unspecified atom stereocenters. The van der Waals surface area contributed by atoms with Crippen molar-refractivity contribution in [3.05, 3.63) is 35.5 Å². The van der Waals surface area contributed by atoms with Gasteiger partial charge in [0.1, 0.15) is 0 Å². The molecular weight excluding hydrogens is 629 g/mol. The first-order chi connectivity index (χ1) is 21.9. The van der Waals surface area contributed by atoms with Crippen LogP contribution in [0.5, 0.6) is 0 Å². The Morgan fingerprint density at radius 3 is 1.96 bits per heavy atom. The average molecular weight is 703 g/mol. The van der Waals surface area contributed by atoms with Crippen LogP contribution in [0.1, 0.15) is 128 Å². The Morgan fingerprint density at radius 2 is 1.46 bits per heavy atom. The molecule has 3 aliphatic carbocycles. The molecule has 1 N–H and O–H groups in total. The summed E-state index contributed by atoms with van der Waals surface area (Å²) < 4.78 is 19.4. The molecular formula is C41H74O5Si2. The Balaban J connectivity index is 1.82. The van der Waals surface area contributed by atoms with Gasteiger partial charge in [0, 0.05) is 0 Å². The van der Waals surface area contributed by atoms with E-state index in [1.165, 1.54) is 37.7 Å². The van der Waals surface area contributed by atoms with Gasteiger partial charge in [-0.1, -0.05) is 90.8 Å². The first-order valence-electron chi connectivity index (χ1n) is 19.1. The highest BCUT2D eigenvalue weighted by Crippen LogP contribution is 2.59. The smallest absolute Gasteiger partial charge is 0.314 e. The van der Waals surface area contributed by atoms with Gasteiger partial charge in [-0.2, -0.15) is 0 Å². The van der Waals surface area contributed by atoms with Gasteiger partial charge in [0.05, 0.1) is 30.3 Å². The minimum absolute atomic E-state index is 0.180. The van der Waals surface area contributed by atoms with Gasteiger partial charge < -0.3 is 18.7 Å². The second-order valence-electron chi connectivity index (χ2n) is 19.4. The van der Waals surface area contributed by atoms with Gasteiger partial charge in [-0.3, -0.25) is 4.79 Å². The standard InChI is InChI=1S/C41H74O5Si2/c1-16-44-37(43)40(9,10)36(42)24-19-29(2)34-22-23-35-31(18-17-25-41(34,35)11)21-20-30-26-32(45-47(12,13)38(3,4)5)28-33(27-30)46-48(14,15)39(6,7)8/h19-21,24,29,32-36,42H,16-18,22-23,25-28H2,1-15H3/b24-19+,31-21+/t29-,32-,33-,34-,35+,36-,41-/m1/s1. The molecule has 5 nitrogen and oxygen atoms in total. The number of carbonyl (C=O) groups excluding carboxylic acids is 1. The molecule has 0 heterocycles. The summed E-state index contributed by atoms with van der Waals surface area (Å²) >= 11 is 0. The van der Waals surface area contributed by atoms with Crippen LogP contribution < -0.4 is 0 Å². The average Bonchev–Trinajstić information content (AvgIpc) is 3.30. The van der Waals surface area contributed by atoms with Crippen LogP contribution in [0.4, 0.5) is 0 Å². The Morgan fingerprint density at radius 1 is 0.917 bits per heavy atom. The molecule has 0 spiro atoms. The van der Waals surface area contributed by atoms with Crippen LogP contribution in [0.2, 0.25) is 36.3 Å². The zero-order chi connectivity index (χ0) is 36.5. The Bertz CT molecular complexity index is 1160. The maximum atomic E-state index is 12.5. The number of allylic oxidation sites excluding steroid dienone is 4. The summed E-state index contributed by atoms with van der Waals surface area (Å²) in [7, 11) is -3.83. The highest BCUT2D eigenvalue weighted by molar-refractivity contribution is 6.74. The molecule has 0 amide bonds. The molecule has 0 radical (unpaired) electrons. The lowest BCUT2D eigenvalue weighted by molar-refractivity contribution is -0.158. The molecule has 3 rings (SSSR count). The monoisotopic (exact) mass is 703 g/mol. The molecule has 3 saturated carbocycles. The van der Waals surface area contributed by atoms with E-state index in [2.05, 4.69) is 99.8 Å². The summed E-state index contributed by atoms with van der Waals surface area (Å²) in [5.41, 5.74) is 2.37. The van der Waals surface area contributed by atoms with Gasteiger partial charge in [0.25, 0.3) is 0 Å². The quantitative estimate of drug-likeness (QED) is 0.132. The number of ether oxygens (including phenoxy) is 1. The Hall–Kier alpha value is -0.996. The summed E-state index contributed by atoms with van der Waals surface area (Å²) in [6.45, 7) is 34.0. The summed E-state index contributed by atoms with van der Waals surface area (Å²) in [5, 5.41) is 11.3. The molecule has 0 aromatic rings.